The van der Waals surface area contributed by atoms with Crippen LogP contribution >= 0.6 is 15.9 Å². The molecular formula is C14H20BrFN2O. The van der Waals surface area contributed by atoms with Gasteiger partial charge in [-0.3, -0.25) is 4.79 Å². The Morgan fingerprint density at radius 3 is 2.63 bits per heavy atom. The van der Waals surface area contributed by atoms with Crippen molar-refractivity contribution in [3.05, 3.63) is 34.1 Å². The summed E-state index contributed by atoms with van der Waals surface area (Å²) >= 11 is 3.26. The Labute approximate surface area is 122 Å². The molecule has 0 aliphatic heterocycles. The lowest BCUT2D eigenvalue weighted by Crippen LogP contribution is -2.40. The van der Waals surface area contributed by atoms with Gasteiger partial charge in [-0.25, -0.2) is 4.39 Å². The molecular weight excluding hydrogens is 311 g/mol. The lowest BCUT2D eigenvalue weighted by molar-refractivity contribution is 0.0928. The fourth-order valence-corrected chi connectivity index (χ4v) is 2.42. The molecule has 0 unspecified atom stereocenters. The van der Waals surface area contributed by atoms with Crippen molar-refractivity contribution in [1.82, 2.24) is 10.2 Å². The predicted octanol–water partition coefficient (Wildman–Crippen LogP) is 2.91. The van der Waals surface area contributed by atoms with Gasteiger partial charge in [0.25, 0.3) is 5.91 Å². The van der Waals surface area contributed by atoms with Crippen molar-refractivity contribution in [2.24, 2.45) is 5.41 Å². The number of benzene rings is 1. The van der Waals surface area contributed by atoms with E-state index in [1.807, 2.05) is 14.1 Å². The molecule has 1 aromatic carbocycles. The van der Waals surface area contributed by atoms with Crippen molar-refractivity contribution < 1.29 is 9.18 Å². The van der Waals surface area contributed by atoms with E-state index < -0.39 is 5.82 Å². The van der Waals surface area contributed by atoms with E-state index in [0.717, 1.165) is 6.54 Å². The van der Waals surface area contributed by atoms with Crippen LogP contribution in [0.2, 0.25) is 0 Å². The van der Waals surface area contributed by atoms with Crippen LogP contribution in [-0.2, 0) is 0 Å². The fourth-order valence-electron chi connectivity index (χ4n) is 2.00. The molecule has 19 heavy (non-hydrogen) atoms. The van der Waals surface area contributed by atoms with Crippen LogP contribution in [0.1, 0.15) is 24.2 Å². The van der Waals surface area contributed by atoms with Crippen LogP contribution in [0.15, 0.2) is 22.7 Å². The summed E-state index contributed by atoms with van der Waals surface area (Å²) in [6.07, 6.45) is 0. The molecule has 0 aliphatic rings. The van der Waals surface area contributed by atoms with Crippen molar-refractivity contribution in [3.63, 3.8) is 0 Å². The van der Waals surface area contributed by atoms with Crippen molar-refractivity contribution in [1.29, 1.82) is 0 Å². The Bertz CT molecular complexity index is 461. The molecule has 1 amide bonds. The van der Waals surface area contributed by atoms with E-state index >= 15 is 0 Å². The minimum Gasteiger partial charge on any atom is -0.351 e. The van der Waals surface area contributed by atoms with E-state index in [1.165, 1.54) is 18.2 Å². The minimum absolute atomic E-state index is 0.0427. The van der Waals surface area contributed by atoms with E-state index in [1.54, 1.807) is 0 Å². The molecule has 0 fully saturated rings. The topological polar surface area (TPSA) is 32.3 Å². The molecule has 0 radical (unpaired) electrons. The summed E-state index contributed by atoms with van der Waals surface area (Å²) in [6, 6.07) is 4.09. The number of rotatable bonds is 5. The first-order valence-corrected chi connectivity index (χ1v) is 6.88. The van der Waals surface area contributed by atoms with Gasteiger partial charge in [-0.2, -0.15) is 0 Å². The number of nitrogens with one attached hydrogen (secondary N) is 1. The first kappa shape index (κ1) is 16.1. The zero-order valence-electron chi connectivity index (χ0n) is 11.8. The summed E-state index contributed by atoms with van der Waals surface area (Å²) in [6.45, 7) is 5.55. The highest BCUT2D eigenvalue weighted by atomic mass is 79.9. The monoisotopic (exact) mass is 330 g/mol. The van der Waals surface area contributed by atoms with E-state index in [-0.39, 0.29) is 11.3 Å². The summed E-state index contributed by atoms with van der Waals surface area (Å²) in [4.78, 5) is 14.1. The second-order valence-corrected chi connectivity index (χ2v) is 6.56. The molecule has 106 valence electrons. The summed E-state index contributed by atoms with van der Waals surface area (Å²) in [5.74, 6) is -0.681. The zero-order chi connectivity index (χ0) is 14.6. The summed E-state index contributed by atoms with van der Waals surface area (Å²) in [7, 11) is 3.99. The van der Waals surface area contributed by atoms with Crippen LogP contribution in [0.5, 0.6) is 0 Å². The minimum atomic E-state index is -0.416. The van der Waals surface area contributed by atoms with Gasteiger partial charge in [0.05, 0.1) is 5.56 Å². The lowest BCUT2D eigenvalue weighted by atomic mass is 9.93. The molecule has 0 saturated carbocycles. The van der Waals surface area contributed by atoms with Gasteiger partial charge in [0, 0.05) is 17.6 Å². The SMILES string of the molecule is CN(C)CC(C)(C)CNC(=O)c1cc(F)ccc1Br. The molecule has 1 rings (SSSR count). The van der Waals surface area contributed by atoms with Gasteiger partial charge in [-0.15, -0.1) is 0 Å². The van der Waals surface area contributed by atoms with E-state index in [0.29, 0.717) is 16.6 Å². The van der Waals surface area contributed by atoms with Crippen LogP contribution in [0.4, 0.5) is 4.39 Å². The largest absolute Gasteiger partial charge is 0.351 e. The van der Waals surface area contributed by atoms with Gasteiger partial charge in [-0.1, -0.05) is 13.8 Å². The van der Waals surface area contributed by atoms with Crippen molar-refractivity contribution in [3.8, 4) is 0 Å². The van der Waals surface area contributed by atoms with Gasteiger partial charge in [-0.05, 0) is 53.6 Å². The molecule has 0 aromatic heterocycles. The Balaban J connectivity index is 2.68. The molecule has 5 heteroatoms. The van der Waals surface area contributed by atoms with Crippen LogP contribution < -0.4 is 5.32 Å². The number of nitrogens with zero attached hydrogens (tertiary/aromatic N) is 1. The third-order valence-corrected chi connectivity index (χ3v) is 3.34. The Hall–Kier alpha value is -0.940. The maximum Gasteiger partial charge on any atom is 0.252 e. The number of amides is 1. The van der Waals surface area contributed by atoms with Crippen molar-refractivity contribution in [2.75, 3.05) is 27.2 Å². The number of carbonyl (C=O) groups is 1. The third kappa shape index (κ3) is 5.28. The standard InChI is InChI=1S/C14H20BrFN2O/c1-14(2,9-18(3)4)8-17-13(19)11-7-10(16)5-6-12(11)15/h5-7H,8-9H2,1-4H3,(H,17,19). The first-order valence-electron chi connectivity index (χ1n) is 6.09. The highest BCUT2D eigenvalue weighted by Crippen LogP contribution is 2.19. The second-order valence-electron chi connectivity index (χ2n) is 5.71. The number of carbonyl (C=O) groups excluding carboxylic acids is 1. The van der Waals surface area contributed by atoms with Gasteiger partial charge in [0.2, 0.25) is 0 Å². The van der Waals surface area contributed by atoms with E-state index in [2.05, 4.69) is 40.0 Å². The molecule has 0 atom stereocenters. The third-order valence-electron chi connectivity index (χ3n) is 2.64. The molecule has 1 aromatic rings. The van der Waals surface area contributed by atoms with Crippen molar-refractivity contribution in [2.45, 2.75) is 13.8 Å². The summed E-state index contributed by atoms with van der Waals surface area (Å²) < 4.78 is 13.7. The average molecular weight is 331 g/mol. The highest BCUT2D eigenvalue weighted by molar-refractivity contribution is 9.10. The van der Waals surface area contributed by atoms with E-state index in [9.17, 15) is 9.18 Å². The summed E-state index contributed by atoms with van der Waals surface area (Å²) in [5, 5.41) is 2.85. The molecule has 0 aliphatic carbocycles. The van der Waals surface area contributed by atoms with E-state index in [4.69, 9.17) is 0 Å². The maximum atomic E-state index is 13.1. The number of halogens is 2. The molecule has 3 nitrogen and oxygen atoms in total. The lowest BCUT2D eigenvalue weighted by Gasteiger charge is -2.28. The number of hydrogen-bond donors (Lipinski definition) is 1. The van der Waals surface area contributed by atoms with Gasteiger partial charge < -0.3 is 10.2 Å². The second kappa shape index (κ2) is 6.48. The van der Waals surface area contributed by atoms with Crippen LogP contribution in [0.3, 0.4) is 0 Å². The van der Waals surface area contributed by atoms with Crippen LogP contribution in [0, 0.1) is 11.2 Å². The Morgan fingerprint density at radius 1 is 1.42 bits per heavy atom. The fraction of sp³-hybridized carbons (Fsp3) is 0.500. The Morgan fingerprint density at radius 2 is 2.05 bits per heavy atom. The molecule has 0 saturated heterocycles. The van der Waals surface area contributed by atoms with Crippen molar-refractivity contribution >= 4 is 21.8 Å². The van der Waals surface area contributed by atoms with Crippen LogP contribution in [-0.4, -0.2) is 38.0 Å². The first-order chi connectivity index (χ1) is 8.71. The van der Waals surface area contributed by atoms with Crippen LogP contribution in [0.25, 0.3) is 0 Å². The Kier molecular flexibility index (Phi) is 5.50. The zero-order valence-corrected chi connectivity index (χ0v) is 13.3. The smallest absolute Gasteiger partial charge is 0.252 e. The predicted molar refractivity (Wildman–Crippen MR) is 78.8 cm³/mol. The highest BCUT2D eigenvalue weighted by Gasteiger charge is 2.21. The van der Waals surface area contributed by atoms with Gasteiger partial charge in [0.15, 0.2) is 0 Å². The molecule has 0 heterocycles. The van der Waals surface area contributed by atoms with Gasteiger partial charge >= 0.3 is 0 Å². The van der Waals surface area contributed by atoms with Gasteiger partial charge in [0.1, 0.15) is 5.82 Å². The molecule has 1 N–H and O–H groups in total. The molecule has 0 spiro atoms. The summed E-state index contributed by atoms with van der Waals surface area (Å²) in [5.41, 5.74) is 0.277. The molecule has 0 bridgehead atoms. The normalized spacial score (nSPS) is 11.7. The quantitative estimate of drug-likeness (QED) is 0.900. The number of hydrogen-bond acceptors (Lipinski definition) is 2. The maximum absolute atomic E-state index is 13.1. The average Bonchev–Trinajstić information content (AvgIpc) is 2.27.